The number of hydrogen-bond acceptors (Lipinski definition) is 3. The molecule has 4 aromatic rings. The summed E-state index contributed by atoms with van der Waals surface area (Å²) >= 11 is 0. The van der Waals surface area contributed by atoms with E-state index in [-0.39, 0.29) is 4.90 Å². The van der Waals surface area contributed by atoms with E-state index in [1.807, 2.05) is 55.5 Å². The lowest BCUT2D eigenvalue weighted by molar-refractivity contribution is 0.561. The SMILES string of the molecule is Cc1ccc2nc(C(C)NS(=O)(=O)c3ccc4ccccc4c3)[nH]c2c1. The van der Waals surface area contributed by atoms with Gasteiger partial charge in [0, 0.05) is 0 Å². The summed E-state index contributed by atoms with van der Waals surface area (Å²) in [5, 5.41) is 1.90. The van der Waals surface area contributed by atoms with Gasteiger partial charge in [0.2, 0.25) is 10.0 Å². The summed E-state index contributed by atoms with van der Waals surface area (Å²) in [5.41, 5.74) is 2.84. The number of aryl methyl sites for hydroxylation is 1. The molecule has 1 unspecified atom stereocenters. The molecule has 0 aliphatic heterocycles. The molecule has 0 saturated carbocycles. The Labute approximate surface area is 152 Å². The zero-order valence-corrected chi connectivity index (χ0v) is 15.3. The molecule has 0 fully saturated rings. The van der Waals surface area contributed by atoms with Crippen molar-refractivity contribution < 1.29 is 8.42 Å². The van der Waals surface area contributed by atoms with Gasteiger partial charge in [0.1, 0.15) is 5.82 Å². The highest BCUT2D eigenvalue weighted by atomic mass is 32.2. The smallest absolute Gasteiger partial charge is 0.241 e. The fourth-order valence-corrected chi connectivity index (χ4v) is 4.28. The van der Waals surface area contributed by atoms with E-state index in [1.54, 1.807) is 19.1 Å². The van der Waals surface area contributed by atoms with Gasteiger partial charge < -0.3 is 4.98 Å². The minimum atomic E-state index is -3.65. The van der Waals surface area contributed by atoms with Crippen molar-refractivity contribution >= 4 is 31.8 Å². The number of aromatic nitrogens is 2. The number of nitrogens with zero attached hydrogens (tertiary/aromatic N) is 1. The maximum Gasteiger partial charge on any atom is 0.241 e. The van der Waals surface area contributed by atoms with Crippen molar-refractivity contribution in [3.05, 3.63) is 72.1 Å². The average molecular weight is 365 g/mol. The highest BCUT2D eigenvalue weighted by Crippen LogP contribution is 2.22. The molecule has 0 aliphatic carbocycles. The van der Waals surface area contributed by atoms with E-state index >= 15 is 0 Å². The summed E-state index contributed by atoms with van der Waals surface area (Å²) in [6, 6.07) is 18.2. The number of H-pyrrole nitrogens is 1. The number of imidazole rings is 1. The van der Waals surface area contributed by atoms with Crippen LogP contribution in [-0.4, -0.2) is 18.4 Å². The molecule has 5 nitrogen and oxygen atoms in total. The summed E-state index contributed by atoms with van der Waals surface area (Å²) in [6.45, 7) is 3.79. The fraction of sp³-hybridized carbons (Fsp3) is 0.150. The zero-order valence-electron chi connectivity index (χ0n) is 14.5. The topological polar surface area (TPSA) is 74.8 Å². The van der Waals surface area contributed by atoms with Gasteiger partial charge in [-0.3, -0.25) is 0 Å². The van der Waals surface area contributed by atoms with Crippen LogP contribution in [0.1, 0.15) is 24.4 Å². The Morgan fingerprint density at radius 2 is 1.77 bits per heavy atom. The monoisotopic (exact) mass is 365 g/mol. The molecule has 0 saturated heterocycles. The Morgan fingerprint density at radius 3 is 2.58 bits per heavy atom. The van der Waals surface area contributed by atoms with E-state index < -0.39 is 16.1 Å². The van der Waals surface area contributed by atoms with Crippen molar-refractivity contribution in [3.8, 4) is 0 Å². The Balaban J connectivity index is 1.64. The highest BCUT2D eigenvalue weighted by Gasteiger charge is 2.20. The van der Waals surface area contributed by atoms with Gasteiger partial charge in [-0.15, -0.1) is 0 Å². The molecule has 1 atom stereocenters. The molecule has 0 spiro atoms. The van der Waals surface area contributed by atoms with E-state index in [9.17, 15) is 8.42 Å². The van der Waals surface area contributed by atoms with E-state index in [4.69, 9.17) is 0 Å². The quantitative estimate of drug-likeness (QED) is 0.572. The predicted octanol–water partition coefficient (Wildman–Crippen LogP) is 4.06. The normalized spacial score (nSPS) is 13.3. The number of benzene rings is 3. The molecule has 0 aliphatic rings. The lowest BCUT2D eigenvalue weighted by Crippen LogP contribution is -2.27. The molecule has 4 rings (SSSR count). The number of fused-ring (bicyclic) bond motifs is 2. The molecule has 6 heteroatoms. The first-order chi connectivity index (χ1) is 12.4. The zero-order chi connectivity index (χ0) is 18.3. The van der Waals surface area contributed by atoms with E-state index in [1.165, 1.54) is 0 Å². The van der Waals surface area contributed by atoms with Crippen LogP contribution in [0.5, 0.6) is 0 Å². The van der Waals surface area contributed by atoms with Crippen molar-refractivity contribution in [2.24, 2.45) is 0 Å². The molecule has 3 aromatic carbocycles. The minimum Gasteiger partial charge on any atom is -0.341 e. The first-order valence-corrected chi connectivity index (χ1v) is 9.88. The van der Waals surface area contributed by atoms with Gasteiger partial charge in [0.05, 0.1) is 22.0 Å². The average Bonchev–Trinajstić information content (AvgIpc) is 3.04. The second kappa shape index (κ2) is 6.23. The number of rotatable bonds is 4. The van der Waals surface area contributed by atoms with E-state index in [0.29, 0.717) is 5.82 Å². The standard InChI is InChI=1S/C20H19N3O2S/c1-13-7-10-18-19(11-13)22-20(21-18)14(2)23-26(24,25)17-9-8-15-5-3-4-6-16(15)12-17/h3-12,14,23H,1-2H3,(H,21,22). The number of sulfonamides is 1. The van der Waals surface area contributed by atoms with Crippen molar-refractivity contribution in [1.29, 1.82) is 0 Å². The second-order valence-electron chi connectivity index (χ2n) is 6.49. The third kappa shape index (κ3) is 3.09. The van der Waals surface area contributed by atoms with Crippen LogP contribution in [0.15, 0.2) is 65.6 Å². The summed E-state index contributed by atoms with van der Waals surface area (Å²) in [5.74, 6) is 0.593. The molecule has 132 valence electrons. The third-order valence-electron chi connectivity index (χ3n) is 4.43. The van der Waals surface area contributed by atoms with Crippen LogP contribution in [0.2, 0.25) is 0 Å². The van der Waals surface area contributed by atoms with Gasteiger partial charge >= 0.3 is 0 Å². The van der Waals surface area contributed by atoms with Crippen molar-refractivity contribution in [1.82, 2.24) is 14.7 Å². The minimum absolute atomic E-state index is 0.245. The Hall–Kier alpha value is -2.70. The molecular weight excluding hydrogens is 346 g/mol. The largest absolute Gasteiger partial charge is 0.341 e. The predicted molar refractivity (Wildman–Crippen MR) is 104 cm³/mol. The van der Waals surface area contributed by atoms with Gasteiger partial charge in [-0.1, -0.05) is 36.4 Å². The Bertz CT molecular complexity index is 1210. The summed E-state index contributed by atoms with van der Waals surface area (Å²) in [6.07, 6.45) is 0. The van der Waals surface area contributed by atoms with Crippen LogP contribution in [-0.2, 0) is 10.0 Å². The van der Waals surface area contributed by atoms with Gasteiger partial charge in [-0.2, -0.15) is 0 Å². The van der Waals surface area contributed by atoms with Crippen molar-refractivity contribution in [3.63, 3.8) is 0 Å². The Morgan fingerprint density at radius 1 is 1.00 bits per heavy atom. The molecule has 0 bridgehead atoms. The summed E-state index contributed by atoms with van der Waals surface area (Å²) < 4.78 is 28.3. The van der Waals surface area contributed by atoms with Crippen molar-refractivity contribution in [2.45, 2.75) is 24.8 Å². The number of aromatic amines is 1. The number of hydrogen-bond donors (Lipinski definition) is 2. The molecular formula is C20H19N3O2S. The maximum atomic E-state index is 12.8. The lowest BCUT2D eigenvalue weighted by Gasteiger charge is -2.12. The molecule has 2 N–H and O–H groups in total. The third-order valence-corrected chi connectivity index (χ3v) is 5.97. The van der Waals surface area contributed by atoms with Gasteiger partial charge in [-0.05, 0) is 54.4 Å². The first-order valence-electron chi connectivity index (χ1n) is 8.40. The van der Waals surface area contributed by atoms with Crippen LogP contribution in [0.4, 0.5) is 0 Å². The van der Waals surface area contributed by atoms with Gasteiger partial charge in [0.15, 0.2) is 0 Å². The van der Waals surface area contributed by atoms with Crippen LogP contribution in [0, 0.1) is 6.92 Å². The van der Waals surface area contributed by atoms with E-state index in [2.05, 4.69) is 14.7 Å². The lowest BCUT2D eigenvalue weighted by atomic mass is 10.1. The molecule has 1 heterocycles. The van der Waals surface area contributed by atoms with Crippen LogP contribution in [0.25, 0.3) is 21.8 Å². The van der Waals surface area contributed by atoms with Crippen LogP contribution >= 0.6 is 0 Å². The Kier molecular flexibility index (Phi) is 4.01. The fourth-order valence-electron chi connectivity index (χ4n) is 3.04. The van der Waals surface area contributed by atoms with E-state index in [0.717, 1.165) is 27.4 Å². The molecule has 0 amide bonds. The maximum absolute atomic E-state index is 12.8. The highest BCUT2D eigenvalue weighted by molar-refractivity contribution is 7.89. The van der Waals surface area contributed by atoms with Crippen LogP contribution < -0.4 is 4.72 Å². The molecule has 1 aromatic heterocycles. The molecule has 0 radical (unpaired) electrons. The summed E-state index contributed by atoms with van der Waals surface area (Å²) in [7, 11) is -3.65. The summed E-state index contributed by atoms with van der Waals surface area (Å²) in [4.78, 5) is 7.95. The van der Waals surface area contributed by atoms with Gasteiger partial charge in [0.25, 0.3) is 0 Å². The molecule has 26 heavy (non-hydrogen) atoms. The first kappa shape index (κ1) is 16.8. The van der Waals surface area contributed by atoms with Crippen molar-refractivity contribution in [2.75, 3.05) is 0 Å². The van der Waals surface area contributed by atoms with Gasteiger partial charge in [-0.25, -0.2) is 18.1 Å². The van der Waals surface area contributed by atoms with Crippen LogP contribution in [0.3, 0.4) is 0 Å². The number of nitrogens with one attached hydrogen (secondary N) is 2. The second-order valence-corrected chi connectivity index (χ2v) is 8.21.